The maximum absolute atomic E-state index is 13.9. The number of aliphatic hydroxyl groups is 1. The molecular weight excluding hydrogens is 537 g/mol. The molecule has 9 nitrogen and oxygen atoms in total. The number of rotatable bonds is 5. The first-order chi connectivity index (χ1) is 17.5. The van der Waals surface area contributed by atoms with Gasteiger partial charge in [-0.25, -0.2) is 13.0 Å². The average Bonchev–Trinajstić information content (AvgIpc) is 2.98. The third kappa shape index (κ3) is 6.81. The van der Waals surface area contributed by atoms with E-state index in [9.17, 15) is 40.9 Å². The van der Waals surface area contributed by atoms with E-state index in [2.05, 4.69) is 19.9 Å². The number of amides is 2. The molecule has 2 amide bonds. The Morgan fingerprint density at radius 3 is 2.53 bits per heavy atom. The molecule has 0 radical (unpaired) electrons. The van der Waals surface area contributed by atoms with Crippen LogP contribution in [-0.4, -0.2) is 62.7 Å². The van der Waals surface area contributed by atoms with Gasteiger partial charge in [-0.05, 0) is 44.0 Å². The smallest absolute Gasteiger partial charge is 0.383 e. The zero-order valence-corrected chi connectivity index (χ0v) is 21.5. The summed E-state index contributed by atoms with van der Waals surface area (Å²) in [6.45, 7) is 1.97. The van der Waals surface area contributed by atoms with Gasteiger partial charge in [-0.1, -0.05) is 6.07 Å². The van der Waals surface area contributed by atoms with E-state index in [1.165, 1.54) is 29.2 Å². The minimum Gasteiger partial charge on any atom is -0.383 e. The zero-order valence-electron chi connectivity index (χ0n) is 20.7. The van der Waals surface area contributed by atoms with Crippen LogP contribution in [0.2, 0.25) is 0 Å². The van der Waals surface area contributed by atoms with Crippen molar-refractivity contribution < 1.29 is 40.9 Å². The van der Waals surface area contributed by atoms with Crippen molar-refractivity contribution in [2.24, 2.45) is 4.36 Å². The molecule has 1 aromatic carbocycles. The Hall–Kier alpha value is -3.20. The van der Waals surface area contributed by atoms with E-state index >= 15 is 0 Å². The fraction of sp³-hybridized carbons (Fsp3) is 0.478. The lowest BCUT2D eigenvalue weighted by atomic mass is 10.1. The van der Waals surface area contributed by atoms with Gasteiger partial charge in [0.25, 0.3) is 11.8 Å². The Kier molecular flexibility index (Phi) is 8.41. The third-order valence-electron chi connectivity index (χ3n) is 5.86. The molecule has 3 rings (SSSR count). The number of aromatic nitrogens is 2. The molecule has 15 heteroatoms. The average molecular weight is 564 g/mol. The first kappa shape index (κ1) is 29.4. The van der Waals surface area contributed by atoms with Crippen molar-refractivity contribution in [1.82, 2.24) is 10.2 Å². The first-order valence-corrected chi connectivity index (χ1v) is 13.4. The molecular formula is C23H26F5N5O4S. The Bertz CT molecular complexity index is 1360. The van der Waals surface area contributed by atoms with E-state index in [0.29, 0.717) is 0 Å². The van der Waals surface area contributed by atoms with Crippen LogP contribution < -0.4 is 10.2 Å². The predicted molar refractivity (Wildman–Crippen MR) is 129 cm³/mol. The second-order valence-electron chi connectivity index (χ2n) is 8.96. The summed E-state index contributed by atoms with van der Waals surface area (Å²) < 4.78 is 85.0. The fourth-order valence-electron chi connectivity index (χ4n) is 3.85. The molecule has 0 aliphatic carbocycles. The van der Waals surface area contributed by atoms with Crippen LogP contribution in [0.15, 0.2) is 33.5 Å². The molecule has 0 saturated carbocycles. The van der Waals surface area contributed by atoms with Crippen molar-refractivity contribution in [3.63, 3.8) is 0 Å². The SMILES string of the molecule is Cc1c(C(F)(F)F)nnc(N2CCCC(F)(F)CC2)c1C(=O)Nc1cccc(S(C)(=O)=NC(=O)C(C)O)c1. The molecule has 2 unspecified atom stereocenters. The van der Waals surface area contributed by atoms with Crippen LogP contribution in [0.3, 0.4) is 0 Å². The van der Waals surface area contributed by atoms with Gasteiger partial charge >= 0.3 is 6.18 Å². The van der Waals surface area contributed by atoms with E-state index in [4.69, 9.17) is 0 Å². The highest BCUT2D eigenvalue weighted by atomic mass is 32.2. The van der Waals surface area contributed by atoms with Gasteiger partial charge in [-0.2, -0.15) is 17.5 Å². The summed E-state index contributed by atoms with van der Waals surface area (Å²) in [5, 5.41) is 18.6. The minimum absolute atomic E-state index is 0.0137. The minimum atomic E-state index is -4.93. The highest BCUT2D eigenvalue weighted by molar-refractivity contribution is 7.93. The maximum atomic E-state index is 13.9. The summed E-state index contributed by atoms with van der Waals surface area (Å²) in [7, 11) is -3.34. The van der Waals surface area contributed by atoms with Crippen LogP contribution in [0, 0.1) is 6.92 Å². The maximum Gasteiger partial charge on any atom is 0.435 e. The fourth-order valence-corrected chi connectivity index (χ4v) is 5.13. The highest BCUT2D eigenvalue weighted by Gasteiger charge is 2.39. The number of nitrogens with zero attached hydrogens (tertiary/aromatic N) is 4. The Morgan fingerprint density at radius 2 is 1.89 bits per heavy atom. The summed E-state index contributed by atoms with van der Waals surface area (Å²) in [5.74, 6) is -5.26. The van der Waals surface area contributed by atoms with Crippen LogP contribution >= 0.6 is 0 Å². The summed E-state index contributed by atoms with van der Waals surface area (Å²) in [5.41, 5.74) is -2.41. The number of alkyl halides is 5. The molecule has 1 fully saturated rings. The van der Waals surface area contributed by atoms with Crippen molar-refractivity contribution >= 4 is 33.0 Å². The van der Waals surface area contributed by atoms with Crippen LogP contribution in [0.1, 0.15) is 47.8 Å². The molecule has 2 atom stereocenters. The highest BCUT2D eigenvalue weighted by Crippen LogP contribution is 2.36. The molecule has 208 valence electrons. The van der Waals surface area contributed by atoms with Gasteiger partial charge in [-0.15, -0.1) is 10.2 Å². The first-order valence-electron chi connectivity index (χ1n) is 11.4. The number of carbonyl (C=O) groups is 2. The second-order valence-corrected chi connectivity index (χ2v) is 11.2. The lowest BCUT2D eigenvalue weighted by Crippen LogP contribution is -2.31. The van der Waals surface area contributed by atoms with Gasteiger partial charge in [-0.3, -0.25) is 9.59 Å². The largest absolute Gasteiger partial charge is 0.435 e. The van der Waals surface area contributed by atoms with E-state index in [1.54, 1.807) is 0 Å². The monoisotopic (exact) mass is 563 g/mol. The number of hydrogen-bond acceptors (Lipinski definition) is 7. The Labute approximate surface area is 215 Å². The number of carbonyl (C=O) groups excluding carboxylic acids is 2. The molecule has 2 N–H and O–H groups in total. The van der Waals surface area contributed by atoms with Gasteiger partial charge in [0.2, 0.25) is 5.92 Å². The van der Waals surface area contributed by atoms with Crippen LogP contribution in [0.4, 0.5) is 33.5 Å². The summed E-state index contributed by atoms with van der Waals surface area (Å²) >= 11 is 0. The van der Waals surface area contributed by atoms with Crippen LogP contribution in [0.25, 0.3) is 0 Å². The predicted octanol–water partition coefficient (Wildman–Crippen LogP) is 4.05. The topological polar surface area (TPSA) is 125 Å². The van der Waals surface area contributed by atoms with Gasteiger partial charge < -0.3 is 15.3 Å². The number of aliphatic hydroxyl groups excluding tert-OH is 1. The Balaban J connectivity index is 2.03. The quantitative estimate of drug-likeness (QED) is 0.526. The second kappa shape index (κ2) is 10.9. The summed E-state index contributed by atoms with van der Waals surface area (Å²) in [6.07, 6.45) is -6.23. The number of hydrogen-bond donors (Lipinski definition) is 2. The van der Waals surface area contributed by atoms with E-state index < -0.39 is 69.4 Å². The van der Waals surface area contributed by atoms with Crippen LogP contribution in [-0.2, 0) is 20.7 Å². The van der Waals surface area contributed by atoms with E-state index in [1.807, 2.05) is 0 Å². The van der Waals surface area contributed by atoms with Crippen LogP contribution in [0.5, 0.6) is 0 Å². The molecule has 0 bridgehead atoms. The van der Waals surface area contributed by atoms with Crippen molar-refractivity contribution in [3.8, 4) is 0 Å². The third-order valence-corrected chi connectivity index (χ3v) is 7.52. The lowest BCUT2D eigenvalue weighted by Gasteiger charge is -2.25. The molecule has 0 spiro atoms. The normalized spacial score (nSPS) is 18.2. The van der Waals surface area contributed by atoms with E-state index in [0.717, 1.165) is 20.1 Å². The number of halogens is 5. The number of anilines is 2. The van der Waals surface area contributed by atoms with Crippen molar-refractivity contribution in [2.75, 3.05) is 29.6 Å². The molecule has 2 aromatic rings. The molecule has 1 aromatic heterocycles. The van der Waals surface area contributed by atoms with Gasteiger partial charge in [0.15, 0.2) is 11.5 Å². The molecule has 1 aliphatic heterocycles. The lowest BCUT2D eigenvalue weighted by molar-refractivity contribution is -0.142. The van der Waals surface area contributed by atoms with Crippen molar-refractivity contribution in [3.05, 3.63) is 41.1 Å². The zero-order chi connectivity index (χ0) is 28.5. The molecule has 1 saturated heterocycles. The summed E-state index contributed by atoms with van der Waals surface area (Å²) in [4.78, 5) is 26.4. The van der Waals surface area contributed by atoms with E-state index in [-0.39, 0.29) is 35.9 Å². The van der Waals surface area contributed by atoms with Crippen molar-refractivity contribution in [2.45, 2.75) is 56.2 Å². The standard InChI is InChI=1S/C23H26F5N5O4S/c1-13-17(19(31-30-18(13)23(26,27)28)33-10-5-8-22(24,25)9-11-33)21(36)29-15-6-4-7-16(12-15)38(3,37)32-20(35)14(2)34/h4,6-7,12,14,34H,5,8-11H2,1-3H3,(H,29,36). The van der Waals surface area contributed by atoms with Crippen molar-refractivity contribution in [1.29, 1.82) is 0 Å². The molecule has 2 heterocycles. The molecule has 38 heavy (non-hydrogen) atoms. The van der Waals surface area contributed by atoms with Gasteiger partial charge in [0, 0.05) is 42.8 Å². The van der Waals surface area contributed by atoms with Gasteiger partial charge in [0.1, 0.15) is 6.10 Å². The summed E-state index contributed by atoms with van der Waals surface area (Å²) in [6, 6.07) is 5.34. The Morgan fingerprint density at radius 1 is 1.21 bits per heavy atom. The van der Waals surface area contributed by atoms with Gasteiger partial charge in [0.05, 0.1) is 15.3 Å². The number of benzene rings is 1. The molecule has 1 aliphatic rings. The number of nitrogens with one attached hydrogen (secondary N) is 1.